The molecule has 1 unspecified atom stereocenters. The van der Waals surface area contributed by atoms with Gasteiger partial charge in [0, 0.05) is 37.5 Å². The molecule has 4 aliphatic rings. The number of hydrogen-bond donors (Lipinski definition) is 3. The zero-order valence-corrected chi connectivity index (χ0v) is 22.4. The highest BCUT2D eigenvalue weighted by molar-refractivity contribution is 5.89. The number of likely N-dealkylation sites (tertiary alicyclic amines) is 1. The minimum absolute atomic E-state index is 0.0629. The molecule has 2 aliphatic heterocycles. The summed E-state index contributed by atoms with van der Waals surface area (Å²) in [4.78, 5) is 28.6. The van der Waals surface area contributed by atoms with Gasteiger partial charge in [0.15, 0.2) is 6.19 Å². The maximum atomic E-state index is 14.0. The molecular weight excluding hydrogens is 500 g/mol. The fourth-order valence-corrected chi connectivity index (χ4v) is 7.52. The van der Waals surface area contributed by atoms with E-state index < -0.39 is 29.4 Å². The number of rotatable bonds is 9. The number of fused-ring (bicyclic) bond motifs is 2. The monoisotopic (exact) mass is 538 g/mol. The Morgan fingerprint density at radius 2 is 2.21 bits per heavy atom. The van der Waals surface area contributed by atoms with Gasteiger partial charge in [-0.05, 0) is 69.3 Å². The van der Waals surface area contributed by atoms with Crippen LogP contribution in [0, 0.1) is 40.5 Å². The normalized spacial score (nSPS) is 33.5. The van der Waals surface area contributed by atoms with Crippen LogP contribution in [0.3, 0.4) is 0 Å². The summed E-state index contributed by atoms with van der Waals surface area (Å²) in [5, 5.41) is 41.9. The molecule has 3 heterocycles. The van der Waals surface area contributed by atoms with E-state index in [4.69, 9.17) is 9.84 Å². The molecule has 3 fully saturated rings. The highest BCUT2D eigenvalue weighted by atomic mass is 16.5. The summed E-state index contributed by atoms with van der Waals surface area (Å²) in [7, 11) is 1.34. The van der Waals surface area contributed by atoms with Crippen molar-refractivity contribution in [3.8, 4) is 6.19 Å². The van der Waals surface area contributed by atoms with Crippen molar-refractivity contribution in [3.05, 3.63) is 35.8 Å². The van der Waals surface area contributed by atoms with Gasteiger partial charge in [-0.15, -0.1) is 5.10 Å². The average Bonchev–Trinajstić information content (AvgIpc) is 3.52. The zero-order valence-electron chi connectivity index (χ0n) is 22.4. The van der Waals surface area contributed by atoms with Crippen LogP contribution in [-0.2, 0) is 27.3 Å². The number of allylic oxidation sites excluding steroid dienone is 4. The number of carbonyl (C=O) groups is 2. The summed E-state index contributed by atoms with van der Waals surface area (Å²) in [6, 6.07) is -0.448. The lowest BCUT2D eigenvalue weighted by atomic mass is 9.58. The number of methoxy groups -OCH3 is 1. The SMILES string of the molecule is COC(=O)[C@@H]1[C@H]2C[C@@H]([C@@]3(CCn4cc(CCCCO)nn4)C(=O)NC4=CC=CCC43)N(C#N)C[C@@H]2CC[C@@H]1O. The fraction of sp³-hybridized carbons (Fsp3) is 0.679. The molecule has 7 atom stereocenters. The third-order valence-corrected chi connectivity index (χ3v) is 9.46. The first-order chi connectivity index (χ1) is 18.9. The van der Waals surface area contributed by atoms with Gasteiger partial charge in [0.2, 0.25) is 5.91 Å². The van der Waals surface area contributed by atoms with Crippen molar-refractivity contribution < 1.29 is 24.5 Å². The number of nitrogens with zero attached hydrogens (tertiary/aromatic N) is 5. The maximum Gasteiger partial charge on any atom is 0.311 e. The molecule has 1 aromatic rings. The molecule has 2 saturated heterocycles. The summed E-state index contributed by atoms with van der Waals surface area (Å²) >= 11 is 0. The van der Waals surface area contributed by atoms with Crippen LogP contribution in [0.5, 0.6) is 0 Å². The lowest BCUT2D eigenvalue weighted by molar-refractivity contribution is -0.161. The first-order valence-corrected chi connectivity index (χ1v) is 14.0. The third-order valence-electron chi connectivity index (χ3n) is 9.46. The van der Waals surface area contributed by atoms with Crippen LogP contribution in [0.15, 0.2) is 30.1 Å². The van der Waals surface area contributed by atoms with Crippen molar-refractivity contribution in [2.24, 2.45) is 29.1 Å². The average molecular weight is 539 g/mol. The zero-order chi connectivity index (χ0) is 27.6. The molecule has 0 radical (unpaired) electrons. The van der Waals surface area contributed by atoms with Crippen LogP contribution in [0.2, 0.25) is 0 Å². The second-order valence-electron chi connectivity index (χ2n) is 11.4. The largest absolute Gasteiger partial charge is 0.469 e. The summed E-state index contributed by atoms with van der Waals surface area (Å²) in [6.07, 6.45) is 14.4. The molecule has 1 saturated carbocycles. The van der Waals surface area contributed by atoms with E-state index in [0.717, 1.165) is 30.7 Å². The number of hydrogen-bond acceptors (Lipinski definition) is 9. The minimum atomic E-state index is -0.927. The Bertz CT molecular complexity index is 1170. The van der Waals surface area contributed by atoms with Crippen molar-refractivity contribution in [1.82, 2.24) is 25.2 Å². The number of aliphatic hydroxyl groups is 2. The van der Waals surface area contributed by atoms with Crippen molar-refractivity contribution in [3.63, 3.8) is 0 Å². The number of carbonyl (C=O) groups excluding carboxylic acids is 2. The van der Waals surface area contributed by atoms with Crippen LogP contribution in [0.25, 0.3) is 0 Å². The highest BCUT2D eigenvalue weighted by Gasteiger charge is 2.61. The van der Waals surface area contributed by atoms with Crippen molar-refractivity contribution in [1.29, 1.82) is 5.26 Å². The Morgan fingerprint density at radius 3 is 2.97 bits per heavy atom. The van der Waals surface area contributed by atoms with E-state index in [-0.39, 0.29) is 30.3 Å². The number of ether oxygens (including phenoxy) is 1. The maximum absolute atomic E-state index is 14.0. The first-order valence-electron chi connectivity index (χ1n) is 14.0. The Hall–Kier alpha value is -3.23. The third kappa shape index (κ3) is 4.96. The van der Waals surface area contributed by atoms with Gasteiger partial charge in [-0.25, -0.2) is 0 Å². The Balaban J connectivity index is 1.47. The smallest absolute Gasteiger partial charge is 0.311 e. The molecule has 210 valence electrons. The topological polar surface area (TPSA) is 154 Å². The summed E-state index contributed by atoms with van der Waals surface area (Å²) < 4.78 is 6.85. The van der Waals surface area contributed by atoms with Gasteiger partial charge < -0.3 is 25.2 Å². The van der Waals surface area contributed by atoms with E-state index in [1.54, 1.807) is 9.58 Å². The van der Waals surface area contributed by atoms with Crippen molar-refractivity contribution in [2.75, 3.05) is 20.3 Å². The number of unbranched alkanes of at least 4 members (excludes halogenated alkanes) is 1. The van der Waals surface area contributed by atoms with Gasteiger partial charge in [-0.3, -0.25) is 14.3 Å². The number of amides is 1. The number of piperidine rings is 1. The standard InChI is InChI=1S/C28H38N6O5/c1-39-26(37)25-20-14-24(33(17-29)15-18(20)9-10-23(25)36)28(21-7-2-3-8-22(21)30-27(28)38)11-12-34-16-19(31-32-34)6-4-5-13-35/h2-3,8,16,18,20-21,23-25,35-36H,4-7,9-15H2,1H3,(H,30,38)/t18-,20-,21?,23-,24-,25+,28-/m0/s1. The molecule has 1 amide bonds. The Labute approximate surface area is 228 Å². The summed E-state index contributed by atoms with van der Waals surface area (Å²) in [6.45, 7) is 1.03. The van der Waals surface area contributed by atoms with Gasteiger partial charge >= 0.3 is 5.97 Å². The summed E-state index contributed by atoms with van der Waals surface area (Å²) in [5.74, 6) is -1.46. The number of esters is 1. The van der Waals surface area contributed by atoms with E-state index in [1.165, 1.54) is 7.11 Å². The van der Waals surface area contributed by atoms with Gasteiger partial charge in [-0.1, -0.05) is 17.4 Å². The van der Waals surface area contributed by atoms with Crippen LogP contribution in [0.1, 0.15) is 50.6 Å². The number of nitriles is 1. The second-order valence-corrected chi connectivity index (χ2v) is 11.4. The molecule has 0 bridgehead atoms. The van der Waals surface area contributed by atoms with Crippen LogP contribution >= 0.6 is 0 Å². The van der Waals surface area contributed by atoms with Crippen LogP contribution in [-0.4, -0.2) is 74.4 Å². The molecule has 11 nitrogen and oxygen atoms in total. The van der Waals surface area contributed by atoms with E-state index >= 15 is 0 Å². The molecule has 0 spiro atoms. The van der Waals surface area contributed by atoms with Gasteiger partial charge in [0.1, 0.15) is 0 Å². The van der Waals surface area contributed by atoms with Gasteiger partial charge in [0.05, 0.1) is 36.3 Å². The van der Waals surface area contributed by atoms with Gasteiger partial charge in [0.25, 0.3) is 0 Å². The van der Waals surface area contributed by atoms with E-state index in [0.29, 0.717) is 45.2 Å². The fourth-order valence-electron chi connectivity index (χ4n) is 7.52. The van der Waals surface area contributed by atoms with Crippen molar-refractivity contribution >= 4 is 11.9 Å². The van der Waals surface area contributed by atoms with Crippen molar-refractivity contribution in [2.45, 2.75) is 70.1 Å². The lowest BCUT2D eigenvalue weighted by Crippen LogP contribution is -2.61. The predicted octanol–water partition coefficient (Wildman–Crippen LogP) is 1.29. The predicted molar refractivity (Wildman–Crippen MR) is 139 cm³/mol. The molecule has 0 aromatic carbocycles. The minimum Gasteiger partial charge on any atom is -0.469 e. The molecular formula is C28H38N6O5. The quantitative estimate of drug-likeness (QED) is 0.240. The number of aryl methyl sites for hydroxylation is 2. The molecule has 11 heteroatoms. The number of nitrogens with one attached hydrogen (secondary N) is 1. The molecule has 5 rings (SSSR count). The number of aromatic nitrogens is 3. The molecule has 1 aromatic heterocycles. The highest BCUT2D eigenvalue weighted by Crippen LogP contribution is 2.54. The van der Waals surface area contributed by atoms with E-state index in [9.17, 15) is 20.0 Å². The van der Waals surface area contributed by atoms with Crippen LogP contribution < -0.4 is 5.32 Å². The van der Waals surface area contributed by atoms with E-state index in [2.05, 4.69) is 27.9 Å². The van der Waals surface area contributed by atoms with E-state index in [1.807, 2.05) is 18.3 Å². The summed E-state index contributed by atoms with van der Waals surface area (Å²) in [5.41, 5.74) is 0.772. The Kier molecular flexibility index (Phi) is 8.05. The molecule has 2 aliphatic carbocycles. The molecule has 39 heavy (non-hydrogen) atoms. The lowest BCUT2D eigenvalue weighted by Gasteiger charge is -2.53. The second kappa shape index (κ2) is 11.5. The van der Waals surface area contributed by atoms with Crippen LogP contribution in [0.4, 0.5) is 0 Å². The number of aliphatic hydroxyl groups excluding tert-OH is 2. The molecule has 3 N–H and O–H groups in total. The first kappa shape index (κ1) is 27.3. The van der Waals surface area contributed by atoms with Gasteiger partial charge in [-0.2, -0.15) is 5.26 Å². The Morgan fingerprint density at radius 1 is 1.36 bits per heavy atom.